The molecule has 4 rings (SSSR count). The Balaban J connectivity index is 0.00000225. The van der Waals surface area contributed by atoms with Crippen LogP contribution in [0.4, 0.5) is 11.5 Å². The third-order valence-corrected chi connectivity index (χ3v) is 5.22. The Morgan fingerprint density at radius 2 is 1.96 bits per heavy atom. The van der Waals surface area contributed by atoms with Crippen molar-refractivity contribution in [2.45, 2.75) is 25.4 Å². The van der Waals surface area contributed by atoms with Crippen LogP contribution in [-0.2, 0) is 27.8 Å². The quantitative estimate of drug-likeness (QED) is 0.580. The summed E-state index contributed by atoms with van der Waals surface area (Å²) in [5.74, 6) is 0.471. The molecule has 5 N–H and O–H groups in total. The number of carbonyl (C=O) groups is 1. The highest BCUT2D eigenvalue weighted by Gasteiger charge is 2.30. The van der Waals surface area contributed by atoms with Gasteiger partial charge in [-0.05, 0) is 30.0 Å². The van der Waals surface area contributed by atoms with Crippen LogP contribution in [-0.4, -0.2) is 30.9 Å². The first-order valence-corrected chi connectivity index (χ1v) is 10.1. The van der Waals surface area contributed by atoms with Gasteiger partial charge in [0.15, 0.2) is 0 Å². The van der Waals surface area contributed by atoms with Crippen LogP contribution in [0.5, 0.6) is 0 Å². The average molecular weight is 425 g/mol. The molecule has 1 unspecified atom stereocenters. The SMILES string of the molecule is Cl.NS(=O)(=O)NN1CCc2ccccc2C1Nc1ccnc2c1CCC(=O)N2. The number of amides is 1. The summed E-state index contributed by atoms with van der Waals surface area (Å²) in [6.07, 6.45) is 2.81. The van der Waals surface area contributed by atoms with E-state index in [0.717, 1.165) is 22.4 Å². The van der Waals surface area contributed by atoms with Crippen LogP contribution in [0.25, 0.3) is 0 Å². The molecule has 0 bridgehead atoms. The molecule has 1 aromatic carbocycles. The second-order valence-electron chi connectivity index (χ2n) is 6.56. The molecule has 1 atom stereocenters. The lowest BCUT2D eigenvalue weighted by atomic mass is 9.97. The first-order chi connectivity index (χ1) is 12.9. The van der Waals surface area contributed by atoms with Crippen molar-refractivity contribution in [3.63, 3.8) is 0 Å². The Hall–Kier alpha value is -2.24. The van der Waals surface area contributed by atoms with Crippen molar-refractivity contribution >= 4 is 40.0 Å². The molecule has 0 radical (unpaired) electrons. The molecule has 0 fully saturated rings. The number of nitrogens with two attached hydrogens (primary N) is 1. The largest absolute Gasteiger partial charge is 0.364 e. The molecule has 2 aliphatic rings. The number of benzene rings is 1. The van der Waals surface area contributed by atoms with Gasteiger partial charge in [0.2, 0.25) is 5.91 Å². The third kappa shape index (κ3) is 4.26. The van der Waals surface area contributed by atoms with Crippen molar-refractivity contribution in [2.75, 3.05) is 17.2 Å². The number of pyridine rings is 1. The molecule has 1 amide bonds. The fourth-order valence-electron chi connectivity index (χ4n) is 3.55. The van der Waals surface area contributed by atoms with Crippen LogP contribution >= 0.6 is 12.4 Å². The molecule has 3 heterocycles. The van der Waals surface area contributed by atoms with Crippen LogP contribution in [0.15, 0.2) is 36.5 Å². The van der Waals surface area contributed by atoms with Gasteiger partial charge in [-0.2, -0.15) is 8.42 Å². The predicted octanol–water partition coefficient (Wildman–Crippen LogP) is 1.06. The zero-order valence-electron chi connectivity index (χ0n) is 14.9. The van der Waals surface area contributed by atoms with Crippen molar-refractivity contribution in [1.82, 2.24) is 14.8 Å². The molecular weight excluding hydrogens is 404 g/mol. The highest BCUT2D eigenvalue weighted by atomic mass is 35.5. The van der Waals surface area contributed by atoms with Crippen LogP contribution < -0.4 is 20.6 Å². The molecule has 0 saturated carbocycles. The normalized spacial score (nSPS) is 19.0. The molecule has 2 aromatic rings. The molecule has 150 valence electrons. The number of carbonyl (C=O) groups excluding carboxylic acids is 1. The Bertz CT molecular complexity index is 1000. The maximum absolute atomic E-state index is 11.6. The summed E-state index contributed by atoms with van der Waals surface area (Å²) in [5.41, 5.74) is 3.79. The zero-order valence-corrected chi connectivity index (χ0v) is 16.5. The first-order valence-electron chi connectivity index (χ1n) is 8.59. The van der Waals surface area contributed by atoms with Gasteiger partial charge >= 0.3 is 0 Å². The zero-order chi connectivity index (χ0) is 19.0. The number of nitrogens with zero attached hydrogens (tertiary/aromatic N) is 2. The van der Waals surface area contributed by atoms with Crippen molar-refractivity contribution < 1.29 is 13.2 Å². The van der Waals surface area contributed by atoms with Gasteiger partial charge in [-0.15, -0.1) is 17.2 Å². The molecule has 28 heavy (non-hydrogen) atoms. The standard InChI is InChI=1S/C17H20N6O3S.ClH/c18-27(25,26)22-23-10-8-11-3-1-2-4-12(11)17(23)20-14-7-9-19-16-13(14)5-6-15(24)21-16;/h1-4,7,9,17,22H,5-6,8,10H2,(H2,18,25,26)(H2,19,20,21,24);1H. The number of hydrogen-bond donors (Lipinski definition) is 4. The van der Waals surface area contributed by atoms with Gasteiger partial charge in [0.05, 0.1) is 0 Å². The van der Waals surface area contributed by atoms with Gasteiger partial charge in [0, 0.05) is 30.4 Å². The smallest absolute Gasteiger partial charge is 0.287 e. The van der Waals surface area contributed by atoms with E-state index in [0.29, 0.717) is 31.6 Å². The van der Waals surface area contributed by atoms with Crippen molar-refractivity contribution in [3.05, 3.63) is 53.2 Å². The highest BCUT2D eigenvalue weighted by Crippen LogP contribution is 2.34. The van der Waals surface area contributed by atoms with Gasteiger partial charge in [0.1, 0.15) is 12.0 Å². The second kappa shape index (κ2) is 8.02. The number of anilines is 2. The summed E-state index contributed by atoms with van der Waals surface area (Å²) in [5, 5.41) is 13.0. The van der Waals surface area contributed by atoms with Gasteiger partial charge < -0.3 is 10.6 Å². The minimum absolute atomic E-state index is 0. The minimum atomic E-state index is -3.91. The number of hydrogen-bond acceptors (Lipinski definition) is 6. The van der Waals surface area contributed by atoms with E-state index >= 15 is 0 Å². The minimum Gasteiger partial charge on any atom is -0.364 e. The molecule has 2 aliphatic heterocycles. The van der Waals surface area contributed by atoms with Crippen molar-refractivity contribution in [3.8, 4) is 0 Å². The molecule has 9 nitrogen and oxygen atoms in total. The van der Waals surface area contributed by atoms with E-state index in [1.54, 1.807) is 11.2 Å². The number of rotatable bonds is 4. The molecule has 1 aromatic heterocycles. The fourth-order valence-corrected chi connectivity index (χ4v) is 4.08. The summed E-state index contributed by atoms with van der Waals surface area (Å²) < 4.78 is 23.2. The summed E-state index contributed by atoms with van der Waals surface area (Å²) >= 11 is 0. The summed E-state index contributed by atoms with van der Waals surface area (Å²) in [6, 6.07) is 9.68. The first kappa shape index (κ1) is 20.5. The van der Waals surface area contributed by atoms with Gasteiger partial charge in [0.25, 0.3) is 10.2 Å². The Labute approximate surface area is 169 Å². The van der Waals surface area contributed by atoms with E-state index in [1.165, 1.54) is 0 Å². The second-order valence-corrected chi connectivity index (χ2v) is 7.83. The number of aromatic nitrogens is 1. The number of nitrogens with one attached hydrogen (secondary N) is 3. The number of halogens is 1. The Kier molecular flexibility index (Phi) is 5.87. The Morgan fingerprint density at radius 3 is 2.75 bits per heavy atom. The molecular formula is C17H21ClN6O3S. The van der Waals surface area contributed by atoms with Crippen LogP contribution in [0, 0.1) is 0 Å². The topological polar surface area (TPSA) is 129 Å². The van der Waals surface area contributed by atoms with Gasteiger partial charge in [-0.3, -0.25) is 4.79 Å². The van der Waals surface area contributed by atoms with E-state index in [1.807, 2.05) is 30.3 Å². The number of fused-ring (bicyclic) bond motifs is 2. The lowest BCUT2D eigenvalue weighted by molar-refractivity contribution is -0.116. The van der Waals surface area contributed by atoms with Crippen LogP contribution in [0.1, 0.15) is 29.3 Å². The van der Waals surface area contributed by atoms with Gasteiger partial charge in [-0.25, -0.2) is 15.1 Å². The molecule has 0 spiro atoms. The van der Waals surface area contributed by atoms with E-state index in [4.69, 9.17) is 5.14 Å². The molecule has 0 saturated heterocycles. The molecule has 0 aliphatic carbocycles. The van der Waals surface area contributed by atoms with Crippen molar-refractivity contribution in [2.24, 2.45) is 5.14 Å². The van der Waals surface area contributed by atoms with Gasteiger partial charge in [-0.1, -0.05) is 24.3 Å². The third-order valence-electron chi connectivity index (χ3n) is 4.74. The average Bonchev–Trinajstić information content (AvgIpc) is 2.62. The lowest BCUT2D eigenvalue weighted by Gasteiger charge is -2.38. The number of hydrazine groups is 1. The van der Waals surface area contributed by atoms with Crippen LogP contribution in [0.3, 0.4) is 0 Å². The van der Waals surface area contributed by atoms with E-state index in [2.05, 4.69) is 20.4 Å². The van der Waals surface area contributed by atoms with Crippen LogP contribution in [0.2, 0.25) is 0 Å². The maximum Gasteiger partial charge on any atom is 0.287 e. The van der Waals surface area contributed by atoms with E-state index in [9.17, 15) is 13.2 Å². The summed E-state index contributed by atoms with van der Waals surface area (Å²) in [6.45, 7) is 0.467. The summed E-state index contributed by atoms with van der Waals surface area (Å²) in [4.78, 5) is 18.3. The predicted molar refractivity (Wildman–Crippen MR) is 108 cm³/mol. The summed E-state index contributed by atoms with van der Waals surface area (Å²) in [7, 11) is -3.91. The van der Waals surface area contributed by atoms with E-state index < -0.39 is 16.4 Å². The Morgan fingerprint density at radius 1 is 1.18 bits per heavy atom. The van der Waals surface area contributed by atoms with E-state index in [-0.39, 0.29) is 18.3 Å². The monoisotopic (exact) mass is 424 g/mol. The fraction of sp³-hybridized carbons (Fsp3) is 0.294. The molecule has 11 heteroatoms. The highest BCUT2D eigenvalue weighted by molar-refractivity contribution is 7.87. The maximum atomic E-state index is 11.6. The van der Waals surface area contributed by atoms with Crippen molar-refractivity contribution in [1.29, 1.82) is 0 Å². The lowest BCUT2D eigenvalue weighted by Crippen LogP contribution is -2.52.